The lowest BCUT2D eigenvalue weighted by atomic mass is 10.4. The topological polar surface area (TPSA) is 58.4 Å². The Bertz CT molecular complexity index is 398. The summed E-state index contributed by atoms with van der Waals surface area (Å²) in [6, 6.07) is 1.93. The number of aromatic nitrogens is 2. The first kappa shape index (κ1) is 13.4. The van der Waals surface area contributed by atoms with Crippen LogP contribution in [0.1, 0.15) is 11.4 Å². The molecular weight excluding hydrogens is 218 g/mol. The summed E-state index contributed by atoms with van der Waals surface area (Å²) in [4.78, 5) is 13.5. The van der Waals surface area contributed by atoms with Crippen molar-refractivity contribution in [3.05, 3.63) is 30.1 Å². The van der Waals surface area contributed by atoms with Gasteiger partial charge < -0.3 is 10.0 Å². The van der Waals surface area contributed by atoms with Crippen LogP contribution >= 0.6 is 0 Å². The highest BCUT2D eigenvalue weighted by Gasteiger charge is 2.13. The van der Waals surface area contributed by atoms with E-state index >= 15 is 0 Å². The molecule has 0 fully saturated rings. The zero-order valence-electron chi connectivity index (χ0n) is 10.4. The van der Waals surface area contributed by atoms with E-state index in [1.165, 1.54) is 0 Å². The van der Waals surface area contributed by atoms with E-state index in [-0.39, 0.29) is 19.1 Å². The molecule has 1 N–H and O–H groups in total. The molecule has 17 heavy (non-hydrogen) atoms. The predicted molar refractivity (Wildman–Crippen MR) is 65.6 cm³/mol. The summed E-state index contributed by atoms with van der Waals surface area (Å²) in [6.45, 7) is 8.33. The van der Waals surface area contributed by atoms with E-state index in [1.807, 2.05) is 19.9 Å². The molecule has 0 aliphatic carbocycles. The molecule has 0 aromatic carbocycles. The third kappa shape index (κ3) is 3.71. The minimum absolute atomic E-state index is 0.0449. The molecule has 0 bridgehead atoms. The lowest BCUT2D eigenvalue weighted by Crippen LogP contribution is -2.36. The minimum Gasteiger partial charge on any atom is -0.395 e. The Kier molecular flexibility index (Phi) is 4.90. The largest absolute Gasteiger partial charge is 0.395 e. The van der Waals surface area contributed by atoms with Crippen LogP contribution in [-0.2, 0) is 11.3 Å². The molecule has 0 unspecified atom stereocenters. The maximum Gasteiger partial charge on any atom is 0.244 e. The number of rotatable bonds is 6. The maximum absolute atomic E-state index is 12.0. The van der Waals surface area contributed by atoms with Gasteiger partial charge in [-0.2, -0.15) is 5.10 Å². The van der Waals surface area contributed by atoms with Gasteiger partial charge in [-0.1, -0.05) is 6.08 Å². The predicted octanol–water partition coefficient (Wildman–Crippen LogP) is 0.507. The Balaban J connectivity index is 2.69. The number of aliphatic hydroxyl groups is 1. The molecule has 5 heteroatoms. The fraction of sp³-hybridized carbons (Fsp3) is 0.500. The van der Waals surface area contributed by atoms with E-state index in [2.05, 4.69) is 11.7 Å². The molecule has 1 aromatic rings. The van der Waals surface area contributed by atoms with Crippen LogP contribution in [0, 0.1) is 13.8 Å². The normalized spacial score (nSPS) is 10.3. The number of amides is 1. The number of carbonyl (C=O) groups excluding carboxylic acids is 1. The monoisotopic (exact) mass is 237 g/mol. The van der Waals surface area contributed by atoms with Gasteiger partial charge in [-0.3, -0.25) is 9.48 Å². The van der Waals surface area contributed by atoms with Crippen molar-refractivity contribution in [3.8, 4) is 0 Å². The van der Waals surface area contributed by atoms with Crippen LogP contribution in [0.3, 0.4) is 0 Å². The van der Waals surface area contributed by atoms with Crippen molar-refractivity contribution < 1.29 is 9.90 Å². The van der Waals surface area contributed by atoms with Crippen molar-refractivity contribution >= 4 is 5.91 Å². The van der Waals surface area contributed by atoms with Crippen LogP contribution in [0.25, 0.3) is 0 Å². The van der Waals surface area contributed by atoms with Gasteiger partial charge in [-0.15, -0.1) is 6.58 Å². The fourth-order valence-electron chi connectivity index (χ4n) is 1.66. The summed E-state index contributed by atoms with van der Waals surface area (Å²) >= 11 is 0. The van der Waals surface area contributed by atoms with E-state index in [0.29, 0.717) is 13.1 Å². The standard InChI is InChI=1S/C12H19N3O2/c1-4-5-14(6-7-16)12(17)9-15-11(3)8-10(2)13-15/h4,8,16H,1,5-7,9H2,2-3H3. The van der Waals surface area contributed by atoms with Crippen molar-refractivity contribution in [3.63, 3.8) is 0 Å². The van der Waals surface area contributed by atoms with Crippen molar-refractivity contribution in [2.45, 2.75) is 20.4 Å². The van der Waals surface area contributed by atoms with Crippen molar-refractivity contribution in [1.82, 2.24) is 14.7 Å². The Morgan fingerprint density at radius 2 is 2.35 bits per heavy atom. The van der Waals surface area contributed by atoms with Crippen molar-refractivity contribution in [1.29, 1.82) is 0 Å². The van der Waals surface area contributed by atoms with Gasteiger partial charge in [0.1, 0.15) is 6.54 Å². The van der Waals surface area contributed by atoms with Crippen molar-refractivity contribution in [2.75, 3.05) is 19.7 Å². The van der Waals surface area contributed by atoms with Crippen LogP contribution in [-0.4, -0.2) is 45.4 Å². The molecule has 0 saturated carbocycles. The SMILES string of the molecule is C=CCN(CCO)C(=O)Cn1nc(C)cc1C. The lowest BCUT2D eigenvalue weighted by Gasteiger charge is -2.20. The molecule has 94 valence electrons. The second-order valence-electron chi connectivity index (χ2n) is 3.94. The van der Waals surface area contributed by atoms with Gasteiger partial charge in [0.05, 0.1) is 12.3 Å². The van der Waals surface area contributed by atoms with Gasteiger partial charge in [0.25, 0.3) is 0 Å². The number of aliphatic hydroxyl groups excluding tert-OH is 1. The third-order valence-electron chi connectivity index (χ3n) is 2.46. The first-order chi connectivity index (χ1) is 8.08. The average Bonchev–Trinajstić information content (AvgIpc) is 2.57. The minimum atomic E-state index is -0.0647. The number of carbonyl (C=O) groups is 1. The van der Waals surface area contributed by atoms with Crippen molar-refractivity contribution in [2.24, 2.45) is 0 Å². The number of hydrogen-bond donors (Lipinski definition) is 1. The van der Waals surface area contributed by atoms with Gasteiger partial charge in [0, 0.05) is 18.8 Å². The molecule has 1 heterocycles. The summed E-state index contributed by atoms with van der Waals surface area (Å²) in [5, 5.41) is 13.1. The summed E-state index contributed by atoms with van der Waals surface area (Å²) in [5.41, 5.74) is 1.85. The number of hydrogen-bond acceptors (Lipinski definition) is 3. The van der Waals surface area contributed by atoms with Crippen LogP contribution in [0.5, 0.6) is 0 Å². The second-order valence-corrected chi connectivity index (χ2v) is 3.94. The highest BCUT2D eigenvalue weighted by atomic mass is 16.3. The van der Waals surface area contributed by atoms with Gasteiger partial charge >= 0.3 is 0 Å². The van der Waals surface area contributed by atoms with E-state index in [1.54, 1.807) is 15.7 Å². The Hall–Kier alpha value is -1.62. The first-order valence-corrected chi connectivity index (χ1v) is 5.59. The number of nitrogens with zero attached hydrogens (tertiary/aromatic N) is 3. The fourth-order valence-corrected chi connectivity index (χ4v) is 1.66. The Morgan fingerprint density at radius 1 is 1.65 bits per heavy atom. The van der Waals surface area contributed by atoms with E-state index in [0.717, 1.165) is 11.4 Å². The molecule has 5 nitrogen and oxygen atoms in total. The highest BCUT2D eigenvalue weighted by Crippen LogP contribution is 2.03. The molecule has 0 atom stereocenters. The second kappa shape index (κ2) is 6.20. The molecule has 0 aliphatic heterocycles. The molecule has 0 aliphatic rings. The van der Waals surface area contributed by atoms with Gasteiger partial charge in [-0.25, -0.2) is 0 Å². The van der Waals surface area contributed by atoms with Crippen LogP contribution in [0.15, 0.2) is 18.7 Å². The lowest BCUT2D eigenvalue weighted by molar-refractivity contribution is -0.132. The quantitative estimate of drug-likeness (QED) is 0.733. The third-order valence-corrected chi connectivity index (χ3v) is 2.46. The summed E-state index contributed by atoms with van der Waals surface area (Å²) in [5.74, 6) is -0.0647. The summed E-state index contributed by atoms with van der Waals surface area (Å²) < 4.78 is 1.67. The molecule has 0 saturated heterocycles. The molecular formula is C12H19N3O2. The van der Waals surface area contributed by atoms with Crippen LogP contribution in [0.4, 0.5) is 0 Å². The van der Waals surface area contributed by atoms with Crippen LogP contribution in [0.2, 0.25) is 0 Å². The maximum atomic E-state index is 12.0. The smallest absolute Gasteiger partial charge is 0.244 e. The Morgan fingerprint density at radius 3 is 2.82 bits per heavy atom. The van der Waals surface area contributed by atoms with Crippen LogP contribution < -0.4 is 0 Å². The molecule has 1 amide bonds. The molecule has 0 spiro atoms. The number of aryl methyl sites for hydroxylation is 2. The van der Waals surface area contributed by atoms with Gasteiger partial charge in [0.15, 0.2) is 0 Å². The molecule has 0 radical (unpaired) electrons. The first-order valence-electron chi connectivity index (χ1n) is 5.59. The van der Waals surface area contributed by atoms with E-state index in [9.17, 15) is 4.79 Å². The van der Waals surface area contributed by atoms with Gasteiger partial charge in [0.2, 0.25) is 5.91 Å². The zero-order chi connectivity index (χ0) is 12.8. The molecule has 1 rings (SSSR count). The van der Waals surface area contributed by atoms with E-state index < -0.39 is 0 Å². The highest BCUT2D eigenvalue weighted by molar-refractivity contribution is 5.76. The van der Waals surface area contributed by atoms with Gasteiger partial charge in [-0.05, 0) is 19.9 Å². The zero-order valence-corrected chi connectivity index (χ0v) is 10.4. The summed E-state index contributed by atoms with van der Waals surface area (Å²) in [6.07, 6.45) is 1.65. The Labute approximate surface area is 101 Å². The average molecular weight is 237 g/mol. The van der Waals surface area contributed by atoms with E-state index in [4.69, 9.17) is 5.11 Å². The molecule has 1 aromatic heterocycles. The summed E-state index contributed by atoms with van der Waals surface area (Å²) in [7, 11) is 0.